The second-order valence-corrected chi connectivity index (χ2v) is 9.28. The average molecular weight is 407 g/mol. The van der Waals surface area contributed by atoms with Gasteiger partial charge in [-0.2, -0.15) is 0 Å². The Hall–Kier alpha value is -0.720. The van der Waals surface area contributed by atoms with E-state index in [1.54, 1.807) is 0 Å². The molecule has 1 saturated heterocycles. The van der Waals surface area contributed by atoms with Gasteiger partial charge in [0, 0.05) is 29.2 Å². The van der Waals surface area contributed by atoms with Gasteiger partial charge in [0.1, 0.15) is 0 Å². The van der Waals surface area contributed by atoms with Crippen LogP contribution < -0.4 is 5.32 Å². The van der Waals surface area contributed by atoms with Crippen LogP contribution in [-0.2, 0) is 0 Å². The van der Waals surface area contributed by atoms with E-state index in [2.05, 4.69) is 67.9 Å². The molecule has 3 aromatic rings. The third-order valence-electron chi connectivity index (χ3n) is 4.41. The van der Waals surface area contributed by atoms with E-state index in [9.17, 15) is 0 Å². The molecule has 0 bridgehead atoms. The molecule has 120 valence electrons. The highest BCUT2D eigenvalue weighted by molar-refractivity contribution is 9.11. The van der Waals surface area contributed by atoms with E-state index in [1.807, 2.05) is 22.7 Å². The molecule has 1 N–H and O–H groups in total. The fourth-order valence-corrected chi connectivity index (χ4v) is 5.90. The van der Waals surface area contributed by atoms with Crippen molar-refractivity contribution in [3.05, 3.63) is 56.0 Å². The molecule has 0 spiro atoms. The first-order chi connectivity index (χ1) is 11.3. The molecule has 0 amide bonds. The van der Waals surface area contributed by atoms with E-state index >= 15 is 0 Å². The number of nitrogens with one attached hydrogen (secondary N) is 1. The van der Waals surface area contributed by atoms with Gasteiger partial charge in [-0.3, -0.25) is 4.90 Å². The van der Waals surface area contributed by atoms with Gasteiger partial charge < -0.3 is 5.32 Å². The van der Waals surface area contributed by atoms with Crippen molar-refractivity contribution in [2.75, 3.05) is 26.2 Å². The van der Waals surface area contributed by atoms with Gasteiger partial charge in [-0.1, -0.05) is 18.2 Å². The summed E-state index contributed by atoms with van der Waals surface area (Å²) >= 11 is 7.37. The number of halogens is 1. The van der Waals surface area contributed by atoms with Crippen LogP contribution in [0.5, 0.6) is 0 Å². The Balaban J connectivity index is 1.81. The highest BCUT2D eigenvalue weighted by Gasteiger charge is 2.26. The Morgan fingerprint density at radius 2 is 2.00 bits per heavy atom. The maximum absolute atomic E-state index is 3.64. The van der Waals surface area contributed by atoms with Crippen molar-refractivity contribution in [3.63, 3.8) is 0 Å². The van der Waals surface area contributed by atoms with Crippen LogP contribution in [0.2, 0.25) is 0 Å². The highest BCUT2D eigenvalue weighted by atomic mass is 79.9. The van der Waals surface area contributed by atoms with Crippen LogP contribution in [0.25, 0.3) is 10.1 Å². The Morgan fingerprint density at radius 1 is 1.09 bits per heavy atom. The summed E-state index contributed by atoms with van der Waals surface area (Å²) < 4.78 is 2.60. The molecule has 23 heavy (non-hydrogen) atoms. The summed E-state index contributed by atoms with van der Waals surface area (Å²) in [6.45, 7) is 4.45. The molecule has 2 aromatic heterocycles. The highest BCUT2D eigenvalue weighted by Crippen LogP contribution is 2.40. The second-order valence-electron chi connectivity index (χ2n) is 5.87. The molecule has 1 atom stereocenters. The number of fused-ring (bicyclic) bond motifs is 1. The van der Waals surface area contributed by atoms with Crippen molar-refractivity contribution in [1.29, 1.82) is 0 Å². The molecule has 0 aliphatic carbocycles. The van der Waals surface area contributed by atoms with Crippen LogP contribution in [0.15, 0.2) is 45.6 Å². The molecular formula is C18H19BrN2S2. The zero-order valence-electron chi connectivity index (χ0n) is 12.8. The minimum Gasteiger partial charge on any atom is -0.315 e. The van der Waals surface area contributed by atoms with Gasteiger partial charge in [-0.25, -0.2) is 0 Å². The summed E-state index contributed by atoms with van der Waals surface area (Å²) in [7, 11) is 0. The Morgan fingerprint density at radius 3 is 2.87 bits per heavy atom. The van der Waals surface area contributed by atoms with Crippen molar-refractivity contribution in [1.82, 2.24) is 10.2 Å². The standard InChI is InChI=1S/C18H19BrN2S2/c19-17-7-6-16(23-17)18(21-10-3-8-20-9-11-21)14-12-22-15-5-2-1-4-13(14)15/h1-2,4-7,12,18,20H,3,8-11H2. The van der Waals surface area contributed by atoms with E-state index in [4.69, 9.17) is 0 Å². The second kappa shape index (κ2) is 7.03. The van der Waals surface area contributed by atoms with Crippen LogP contribution in [0.4, 0.5) is 0 Å². The zero-order valence-corrected chi connectivity index (χ0v) is 16.0. The first kappa shape index (κ1) is 15.8. The van der Waals surface area contributed by atoms with Gasteiger partial charge in [0.2, 0.25) is 0 Å². The quantitative estimate of drug-likeness (QED) is 0.649. The summed E-state index contributed by atoms with van der Waals surface area (Å²) in [5, 5.41) is 7.30. The van der Waals surface area contributed by atoms with Gasteiger partial charge in [-0.15, -0.1) is 22.7 Å². The van der Waals surface area contributed by atoms with Crippen molar-refractivity contribution in [2.24, 2.45) is 0 Å². The molecule has 1 aliphatic heterocycles. The topological polar surface area (TPSA) is 15.3 Å². The fraction of sp³-hybridized carbons (Fsp3) is 0.333. The summed E-state index contributed by atoms with van der Waals surface area (Å²) in [4.78, 5) is 4.08. The number of hydrogen-bond acceptors (Lipinski definition) is 4. The van der Waals surface area contributed by atoms with Crippen LogP contribution in [0.1, 0.15) is 22.9 Å². The molecule has 1 aliphatic rings. The minimum atomic E-state index is 0.363. The smallest absolute Gasteiger partial charge is 0.0711 e. The lowest BCUT2D eigenvalue weighted by molar-refractivity contribution is 0.245. The lowest BCUT2D eigenvalue weighted by atomic mass is 10.0. The zero-order chi connectivity index (χ0) is 15.6. The predicted molar refractivity (Wildman–Crippen MR) is 105 cm³/mol. The van der Waals surface area contributed by atoms with Gasteiger partial charge in [0.05, 0.1) is 9.83 Å². The molecule has 4 rings (SSSR count). The van der Waals surface area contributed by atoms with Crippen LogP contribution in [-0.4, -0.2) is 31.1 Å². The van der Waals surface area contributed by atoms with Crippen molar-refractivity contribution in [3.8, 4) is 0 Å². The Bertz CT molecular complexity index is 787. The van der Waals surface area contributed by atoms with Crippen molar-refractivity contribution >= 4 is 48.7 Å². The lowest BCUT2D eigenvalue weighted by Crippen LogP contribution is -2.32. The monoisotopic (exact) mass is 406 g/mol. The fourth-order valence-electron chi connectivity index (χ4n) is 3.34. The van der Waals surface area contributed by atoms with Gasteiger partial charge in [0.25, 0.3) is 0 Å². The lowest BCUT2D eigenvalue weighted by Gasteiger charge is -2.29. The molecular weight excluding hydrogens is 388 g/mol. The number of nitrogens with zero attached hydrogens (tertiary/aromatic N) is 1. The molecule has 5 heteroatoms. The normalized spacial score (nSPS) is 18.1. The third kappa shape index (κ3) is 3.26. The largest absolute Gasteiger partial charge is 0.315 e. The van der Waals surface area contributed by atoms with E-state index in [-0.39, 0.29) is 0 Å². The van der Waals surface area contributed by atoms with Crippen LogP contribution >= 0.6 is 38.6 Å². The predicted octanol–water partition coefficient (Wildman–Crippen LogP) is 5.11. The molecule has 3 heterocycles. The summed E-state index contributed by atoms with van der Waals surface area (Å²) in [6, 6.07) is 13.6. The number of thiophene rings is 2. The maximum atomic E-state index is 3.64. The summed E-state index contributed by atoms with van der Waals surface area (Å²) in [6.07, 6.45) is 1.21. The molecule has 1 fully saturated rings. The molecule has 1 unspecified atom stereocenters. The first-order valence-corrected chi connectivity index (χ1v) is 10.5. The van der Waals surface area contributed by atoms with E-state index in [0.29, 0.717) is 6.04 Å². The SMILES string of the molecule is Brc1ccc(C(c2csc3ccccc23)N2CCCNCC2)s1. The maximum Gasteiger partial charge on any atom is 0.0711 e. The van der Waals surface area contributed by atoms with E-state index < -0.39 is 0 Å². The number of hydrogen-bond donors (Lipinski definition) is 1. The number of benzene rings is 1. The van der Waals surface area contributed by atoms with Gasteiger partial charge >= 0.3 is 0 Å². The molecule has 0 saturated carbocycles. The summed E-state index contributed by atoms with van der Waals surface area (Å²) in [5.74, 6) is 0. The van der Waals surface area contributed by atoms with Gasteiger partial charge in [-0.05, 0) is 63.4 Å². The van der Waals surface area contributed by atoms with Crippen LogP contribution in [0, 0.1) is 0 Å². The van der Waals surface area contributed by atoms with Crippen molar-refractivity contribution in [2.45, 2.75) is 12.5 Å². The Kier molecular flexibility index (Phi) is 4.83. The first-order valence-electron chi connectivity index (χ1n) is 7.99. The number of rotatable bonds is 3. The Labute approximate surface area is 153 Å². The van der Waals surface area contributed by atoms with Gasteiger partial charge in [0.15, 0.2) is 0 Å². The molecule has 2 nitrogen and oxygen atoms in total. The van der Waals surface area contributed by atoms with E-state index in [1.165, 1.54) is 30.7 Å². The minimum absolute atomic E-state index is 0.363. The van der Waals surface area contributed by atoms with E-state index in [0.717, 1.165) is 26.2 Å². The molecule has 1 aromatic carbocycles. The van der Waals surface area contributed by atoms with Crippen LogP contribution in [0.3, 0.4) is 0 Å². The molecule has 0 radical (unpaired) electrons. The summed E-state index contributed by atoms with van der Waals surface area (Å²) in [5.41, 5.74) is 1.46. The average Bonchev–Trinajstić information content (AvgIpc) is 3.08. The van der Waals surface area contributed by atoms with Crippen molar-refractivity contribution < 1.29 is 0 Å². The third-order valence-corrected chi connectivity index (χ3v) is 7.07.